The zero-order chi connectivity index (χ0) is 18.0. The molecule has 0 spiro atoms. The van der Waals surface area contributed by atoms with Crippen molar-refractivity contribution in [3.8, 4) is 0 Å². The fraction of sp³-hybridized carbons (Fsp3) is 0.167. The molecule has 1 aliphatic heterocycles. The Balaban J connectivity index is 2.08. The number of hydrogen-bond donors (Lipinski definition) is 1. The average molecular weight is 342 g/mol. The minimum Gasteiger partial charge on any atom is -0.464 e. The van der Waals surface area contributed by atoms with Crippen LogP contribution in [0, 0.1) is 5.82 Å². The van der Waals surface area contributed by atoms with Gasteiger partial charge in [-0.3, -0.25) is 4.79 Å². The first-order chi connectivity index (χ1) is 12.0. The summed E-state index contributed by atoms with van der Waals surface area (Å²) in [7, 11) is 1.17. The van der Waals surface area contributed by atoms with Gasteiger partial charge in [0.15, 0.2) is 11.4 Å². The van der Waals surface area contributed by atoms with Crippen molar-refractivity contribution in [2.75, 3.05) is 7.11 Å². The predicted octanol–water partition coefficient (Wildman–Crippen LogP) is 2.05. The molecule has 2 aromatic rings. The Labute approximate surface area is 143 Å². The number of carbonyl (C=O) groups is 2. The van der Waals surface area contributed by atoms with Gasteiger partial charge >= 0.3 is 5.97 Å². The van der Waals surface area contributed by atoms with Crippen LogP contribution in [-0.2, 0) is 15.3 Å². The van der Waals surface area contributed by atoms with Crippen molar-refractivity contribution in [2.45, 2.75) is 12.1 Å². The lowest BCUT2D eigenvalue weighted by atomic mass is 9.97. The Kier molecular flexibility index (Phi) is 4.33. The van der Waals surface area contributed by atoms with Gasteiger partial charge in [-0.2, -0.15) is 10.1 Å². The number of carbonyl (C=O) groups excluding carboxylic acids is 2. The molecule has 6 nitrogen and oxygen atoms in total. The van der Waals surface area contributed by atoms with E-state index < -0.39 is 23.4 Å². The molecule has 0 saturated carbocycles. The number of benzene rings is 2. The lowest BCUT2D eigenvalue weighted by molar-refractivity contribution is -0.133. The van der Waals surface area contributed by atoms with E-state index >= 15 is 0 Å². The molecule has 0 aromatic heterocycles. The van der Waals surface area contributed by atoms with Gasteiger partial charge in [-0.25, -0.2) is 9.18 Å². The predicted molar refractivity (Wildman–Crippen MR) is 87.0 cm³/mol. The van der Waals surface area contributed by atoms with E-state index in [0.717, 1.165) is 11.1 Å². The van der Waals surface area contributed by atoms with E-state index in [-0.39, 0.29) is 17.7 Å². The topological polar surface area (TPSA) is 79.2 Å². The van der Waals surface area contributed by atoms with Crippen LogP contribution in [0.3, 0.4) is 0 Å². The first-order valence-corrected chi connectivity index (χ1v) is 7.50. The summed E-state index contributed by atoms with van der Waals surface area (Å²) in [5, 5.41) is 15.8. The van der Waals surface area contributed by atoms with Crippen LogP contribution in [0.1, 0.15) is 22.3 Å². The number of halogens is 1. The quantitative estimate of drug-likeness (QED) is 0.866. The molecule has 1 aliphatic rings. The van der Waals surface area contributed by atoms with Gasteiger partial charge in [-0.15, -0.1) is 0 Å². The molecule has 2 aromatic carbocycles. The summed E-state index contributed by atoms with van der Waals surface area (Å²) < 4.78 is 18.6. The summed E-state index contributed by atoms with van der Waals surface area (Å²) in [6, 6.07) is 13.7. The smallest absolute Gasteiger partial charge is 0.354 e. The summed E-state index contributed by atoms with van der Waals surface area (Å²) in [6.07, 6.45) is -0.260. The maximum atomic E-state index is 14.0. The Bertz CT molecular complexity index is 853. The molecule has 0 aliphatic carbocycles. The number of hydrogen-bond acceptors (Lipinski definition) is 5. The number of hydrazone groups is 1. The molecule has 0 unspecified atom stereocenters. The van der Waals surface area contributed by atoms with Crippen LogP contribution in [-0.4, -0.2) is 34.8 Å². The van der Waals surface area contributed by atoms with Gasteiger partial charge < -0.3 is 9.84 Å². The van der Waals surface area contributed by atoms with Gasteiger partial charge in [0.25, 0.3) is 5.91 Å². The van der Waals surface area contributed by atoms with Crippen molar-refractivity contribution in [1.29, 1.82) is 0 Å². The van der Waals surface area contributed by atoms with Gasteiger partial charge in [0.2, 0.25) is 0 Å². The zero-order valence-corrected chi connectivity index (χ0v) is 13.3. The van der Waals surface area contributed by atoms with Crippen LogP contribution in [0.2, 0.25) is 0 Å². The number of methoxy groups -OCH3 is 1. The summed E-state index contributed by atoms with van der Waals surface area (Å²) in [5.74, 6) is -2.37. The molecule has 7 heteroatoms. The Morgan fingerprint density at radius 2 is 1.80 bits per heavy atom. The molecule has 0 fully saturated rings. The fourth-order valence-corrected chi connectivity index (χ4v) is 2.67. The lowest BCUT2D eigenvalue weighted by Gasteiger charge is -2.31. The zero-order valence-electron chi connectivity index (χ0n) is 13.3. The van der Waals surface area contributed by atoms with Gasteiger partial charge in [0, 0.05) is 5.56 Å². The van der Waals surface area contributed by atoms with Crippen LogP contribution in [0.25, 0.3) is 0 Å². The number of esters is 1. The maximum absolute atomic E-state index is 14.0. The van der Waals surface area contributed by atoms with Crippen molar-refractivity contribution in [3.63, 3.8) is 0 Å². The Hall–Kier alpha value is -3.06. The van der Waals surface area contributed by atoms with Gasteiger partial charge in [-0.05, 0) is 12.1 Å². The van der Waals surface area contributed by atoms with E-state index in [2.05, 4.69) is 9.84 Å². The van der Waals surface area contributed by atoms with Gasteiger partial charge in [-0.1, -0.05) is 42.5 Å². The second kappa shape index (κ2) is 6.45. The highest BCUT2D eigenvalue weighted by molar-refractivity contribution is 6.37. The van der Waals surface area contributed by atoms with Crippen molar-refractivity contribution in [1.82, 2.24) is 5.01 Å². The van der Waals surface area contributed by atoms with Crippen LogP contribution >= 0.6 is 0 Å². The number of nitrogens with zero attached hydrogens (tertiary/aromatic N) is 2. The third kappa shape index (κ3) is 2.89. The number of rotatable bonds is 3. The van der Waals surface area contributed by atoms with Crippen molar-refractivity contribution < 1.29 is 23.8 Å². The van der Waals surface area contributed by atoms with Crippen LogP contribution in [0.5, 0.6) is 0 Å². The molecule has 0 radical (unpaired) electrons. The van der Waals surface area contributed by atoms with Gasteiger partial charge in [0.1, 0.15) is 5.82 Å². The van der Waals surface area contributed by atoms with Gasteiger partial charge in [0.05, 0.1) is 19.1 Å². The van der Waals surface area contributed by atoms with E-state index in [1.165, 1.54) is 25.3 Å². The highest BCUT2D eigenvalue weighted by Crippen LogP contribution is 2.36. The molecular weight excluding hydrogens is 327 g/mol. The van der Waals surface area contributed by atoms with Crippen LogP contribution in [0.4, 0.5) is 4.39 Å². The number of amides is 1. The van der Waals surface area contributed by atoms with E-state index in [9.17, 15) is 19.1 Å². The molecule has 1 N–H and O–H groups in total. The van der Waals surface area contributed by atoms with Crippen LogP contribution in [0.15, 0.2) is 59.7 Å². The van der Waals surface area contributed by atoms with E-state index in [1.54, 1.807) is 30.3 Å². The summed E-state index contributed by atoms with van der Waals surface area (Å²) in [4.78, 5) is 24.6. The molecular formula is C18H15FN2O4. The van der Waals surface area contributed by atoms with Crippen molar-refractivity contribution >= 4 is 17.6 Å². The van der Waals surface area contributed by atoms with Crippen LogP contribution < -0.4 is 0 Å². The summed E-state index contributed by atoms with van der Waals surface area (Å²) >= 11 is 0. The third-order valence-electron chi connectivity index (χ3n) is 3.94. The fourth-order valence-electron chi connectivity index (χ4n) is 2.67. The lowest BCUT2D eigenvalue weighted by Crippen LogP contribution is -2.43. The molecule has 1 amide bonds. The molecule has 0 saturated heterocycles. The Morgan fingerprint density at radius 1 is 1.16 bits per heavy atom. The second-order valence-corrected chi connectivity index (χ2v) is 5.49. The summed E-state index contributed by atoms with van der Waals surface area (Å²) in [5.41, 5.74) is -1.95. The second-order valence-electron chi connectivity index (χ2n) is 5.49. The average Bonchev–Trinajstić information content (AvgIpc) is 3.00. The molecule has 1 heterocycles. The first kappa shape index (κ1) is 16.8. The minimum atomic E-state index is -1.91. The first-order valence-electron chi connectivity index (χ1n) is 7.50. The van der Waals surface area contributed by atoms with Crippen molar-refractivity contribution in [2.24, 2.45) is 5.10 Å². The van der Waals surface area contributed by atoms with E-state index in [1.807, 2.05) is 0 Å². The van der Waals surface area contributed by atoms with E-state index in [0.29, 0.717) is 5.56 Å². The third-order valence-corrected chi connectivity index (χ3v) is 3.94. The highest BCUT2D eigenvalue weighted by atomic mass is 19.1. The number of aliphatic hydroxyl groups is 1. The summed E-state index contributed by atoms with van der Waals surface area (Å²) in [6.45, 7) is 0. The SMILES string of the molecule is COC(=O)C1=NN(C(=O)c2ccccc2F)[C@@](O)(c2ccccc2)C1. The molecule has 3 rings (SSSR count). The largest absolute Gasteiger partial charge is 0.464 e. The minimum absolute atomic E-state index is 0.126. The normalized spacial score (nSPS) is 19.5. The molecule has 25 heavy (non-hydrogen) atoms. The molecule has 1 atom stereocenters. The molecule has 128 valence electrons. The highest BCUT2D eigenvalue weighted by Gasteiger charge is 2.48. The molecule has 0 bridgehead atoms. The Morgan fingerprint density at radius 3 is 2.44 bits per heavy atom. The standard InChI is InChI=1S/C18H15FN2O4/c1-25-17(23)15-11-18(24,12-7-3-2-4-8-12)21(20-15)16(22)13-9-5-6-10-14(13)19/h2-10,24H,11H2,1H3/t18-/m0/s1. The monoisotopic (exact) mass is 342 g/mol. The number of ether oxygens (including phenoxy) is 1. The maximum Gasteiger partial charge on any atom is 0.354 e. The van der Waals surface area contributed by atoms with E-state index in [4.69, 9.17) is 0 Å². The van der Waals surface area contributed by atoms with Crippen molar-refractivity contribution in [3.05, 3.63) is 71.5 Å².